The standard InChI is InChI=1S/C23H23FN2O3S/c24-19-7-4-8-20(13-19)30(28,29)26-21(14-25)23(22(26)15-27)18-11-9-17(10-12-18)16-5-2-1-3-6-16/h4-5,7-13,21-23,27H,1-3,6,15H2/t21-,22-,23+/m1/s1. The number of hydrogen-bond acceptors (Lipinski definition) is 4. The van der Waals surface area contributed by atoms with Crippen LogP contribution in [-0.2, 0) is 10.0 Å². The first-order valence-corrected chi connectivity index (χ1v) is 11.5. The Morgan fingerprint density at radius 2 is 1.93 bits per heavy atom. The van der Waals surface area contributed by atoms with E-state index in [0.29, 0.717) is 0 Å². The van der Waals surface area contributed by atoms with Crippen molar-refractivity contribution in [3.8, 4) is 6.07 Å². The first-order chi connectivity index (χ1) is 14.5. The summed E-state index contributed by atoms with van der Waals surface area (Å²) < 4.78 is 40.6. The maximum Gasteiger partial charge on any atom is 0.244 e. The topological polar surface area (TPSA) is 81.4 Å². The minimum Gasteiger partial charge on any atom is -0.395 e. The lowest BCUT2D eigenvalue weighted by Crippen LogP contribution is -2.65. The fraction of sp³-hybridized carbons (Fsp3) is 0.348. The van der Waals surface area contributed by atoms with Crippen LogP contribution in [0.3, 0.4) is 0 Å². The van der Waals surface area contributed by atoms with E-state index in [4.69, 9.17) is 0 Å². The Labute approximate surface area is 176 Å². The number of benzene rings is 2. The van der Waals surface area contributed by atoms with Crippen LogP contribution >= 0.6 is 0 Å². The van der Waals surface area contributed by atoms with Gasteiger partial charge in [0.05, 0.1) is 23.6 Å². The molecule has 7 heteroatoms. The lowest BCUT2D eigenvalue weighted by Gasteiger charge is -2.50. The summed E-state index contributed by atoms with van der Waals surface area (Å²) in [5.41, 5.74) is 3.26. The summed E-state index contributed by atoms with van der Waals surface area (Å²) in [5, 5.41) is 19.6. The van der Waals surface area contributed by atoms with Gasteiger partial charge in [-0.1, -0.05) is 36.4 Å². The second-order valence-corrected chi connectivity index (χ2v) is 9.58. The zero-order valence-corrected chi connectivity index (χ0v) is 17.2. The predicted molar refractivity (Wildman–Crippen MR) is 111 cm³/mol. The molecule has 0 saturated carbocycles. The molecule has 1 fully saturated rings. The van der Waals surface area contributed by atoms with Crippen molar-refractivity contribution < 1.29 is 17.9 Å². The number of allylic oxidation sites excluding steroid dienone is 2. The Balaban J connectivity index is 1.63. The van der Waals surface area contributed by atoms with Crippen LogP contribution in [0.5, 0.6) is 0 Å². The van der Waals surface area contributed by atoms with E-state index < -0.39 is 40.4 Å². The first-order valence-electron chi connectivity index (χ1n) is 10.1. The van der Waals surface area contributed by atoms with Crippen molar-refractivity contribution >= 4 is 15.6 Å². The molecule has 1 heterocycles. The molecule has 1 aliphatic heterocycles. The largest absolute Gasteiger partial charge is 0.395 e. The van der Waals surface area contributed by atoms with Crippen LogP contribution < -0.4 is 0 Å². The number of aliphatic hydroxyl groups is 1. The van der Waals surface area contributed by atoms with Gasteiger partial charge in [0, 0.05) is 5.92 Å². The third-order valence-corrected chi connectivity index (χ3v) is 7.91. The zero-order chi connectivity index (χ0) is 21.3. The highest BCUT2D eigenvalue weighted by Gasteiger charge is 2.55. The van der Waals surface area contributed by atoms with E-state index in [1.54, 1.807) is 0 Å². The lowest BCUT2D eigenvalue weighted by atomic mass is 9.78. The van der Waals surface area contributed by atoms with Crippen LogP contribution in [0, 0.1) is 17.1 Å². The molecule has 1 saturated heterocycles. The average Bonchev–Trinajstić information content (AvgIpc) is 2.74. The highest BCUT2D eigenvalue weighted by molar-refractivity contribution is 7.89. The second kappa shape index (κ2) is 8.31. The van der Waals surface area contributed by atoms with Crippen LogP contribution in [0.25, 0.3) is 5.57 Å². The van der Waals surface area contributed by atoms with Crippen molar-refractivity contribution in [2.75, 3.05) is 6.61 Å². The van der Waals surface area contributed by atoms with E-state index in [9.17, 15) is 23.2 Å². The predicted octanol–water partition coefficient (Wildman–Crippen LogP) is 3.82. The summed E-state index contributed by atoms with van der Waals surface area (Å²) in [4.78, 5) is -0.223. The first kappa shape index (κ1) is 20.7. The van der Waals surface area contributed by atoms with Crippen molar-refractivity contribution in [3.05, 3.63) is 71.6 Å². The Morgan fingerprint density at radius 1 is 1.17 bits per heavy atom. The number of nitriles is 1. The zero-order valence-electron chi connectivity index (χ0n) is 16.4. The Bertz CT molecular complexity index is 1110. The number of sulfonamides is 1. The van der Waals surface area contributed by atoms with E-state index in [2.05, 4.69) is 12.1 Å². The molecule has 4 rings (SSSR count). The third-order valence-electron chi connectivity index (χ3n) is 6.00. The Hall–Kier alpha value is -2.53. The van der Waals surface area contributed by atoms with Gasteiger partial charge in [0.1, 0.15) is 11.9 Å². The summed E-state index contributed by atoms with van der Waals surface area (Å²) in [7, 11) is -4.11. The Kier molecular flexibility index (Phi) is 5.74. The van der Waals surface area contributed by atoms with Crippen molar-refractivity contribution in [2.24, 2.45) is 0 Å². The van der Waals surface area contributed by atoms with Crippen molar-refractivity contribution in [2.45, 2.75) is 48.6 Å². The van der Waals surface area contributed by atoms with Gasteiger partial charge in [0.2, 0.25) is 10.0 Å². The minimum atomic E-state index is -4.11. The fourth-order valence-electron chi connectivity index (χ4n) is 4.46. The molecule has 1 N–H and O–H groups in total. The van der Waals surface area contributed by atoms with E-state index >= 15 is 0 Å². The number of aliphatic hydroxyl groups excluding tert-OH is 1. The Morgan fingerprint density at radius 3 is 2.53 bits per heavy atom. The minimum absolute atomic E-state index is 0.223. The molecule has 3 atom stereocenters. The molecule has 0 aromatic heterocycles. The molecule has 0 radical (unpaired) electrons. The fourth-order valence-corrected chi connectivity index (χ4v) is 6.25. The van der Waals surface area contributed by atoms with Gasteiger partial charge in [-0.3, -0.25) is 0 Å². The van der Waals surface area contributed by atoms with Gasteiger partial charge in [-0.2, -0.15) is 9.57 Å². The molecular weight excluding hydrogens is 403 g/mol. The molecule has 156 valence electrons. The smallest absolute Gasteiger partial charge is 0.244 e. The van der Waals surface area contributed by atoms with Crippen LogP contribution in [-0.4, -0.2) is 36.5 Å². The van der Waals surface area contributed by atoms with E-state index in [1.165, 1.54) is 30.5 Å². The average molecular weight is 427 g/mol. The van der Waals surface area contributed by atoms with E-state index in [-0.39, 0.29) is 4.90 Å². The van der Waals surface area contributed by atoms with Gasteiger partial charge < -0.3 is 5.11 Å². The molecule has 0 bridgehead atoms. The molecule has 0 unspecified atom stereocenters. The summed E-state index contributed by atoms with van der Waals surface area (Å²) in [6, 6.07) is 12.8. The molecule has 5 nitrogen and oxygen atoms in total. The normalized spacial score (nSPS) is 24.6. The number of halogens is 1. The summed E-state index contributed by atoms with van der Waals surface area (Å²) >= 11 is 0. The lowest BCUT2D eigenvalue weighted by molar-refractivity contribution is 0.0556. The van der Waals surface area contributed by atoms with Gasteiger partial charge in [-0.15, -0.1) is 0 Å². The highest BCUT2D eigenvalue weighted by Crippen LogP contribution is 2.44. The molecule has 30 heavy (non-hydrogen) atoms. The summed E-state index contributed by atoms with van der Waals surface area (Å²) in [5.74, 6) is -1.12. The summed E-state index contributed by atoms with van der Waals surface area (Å²) in [6.45, 7) is -0.426. The van der Waals surface area contributed by atoms with Crippen molar-refractivity contribution in [1.82, 2.24) is 4.31 Å². The quantitative estimate of drug-likeness (QED) is 0.788. The number of rotatable bonds is 5. The molecule has 2 aromatic carbocycles. The number of nitrogens with zero attached hydrogens (tertiary/aromatic N) is 2. The SMILES string of the molecule is N#C[C@@H]1[C@H](c2ccc(C3=CCCCC3)cc2)[C@@H](CO)N1S(=O)(=O)c1cccc(F)c1. The molecular formula is C23H23FN2O3S. The molecule has 0 amide bonds. The van der Waals surface area contributed by atoms with Gasteiger partial charge in [0.25, 0.3) is 0 Å². The van der Waals surface area contributed by atoms with Crippen LogP contribution in [0.2, 0.25) is 0 Å². The maximum atomic E-state index is 13.6. The van der Waals surface area contributed by atoms with Crippen LogP contribution in [0.4, 0.5) is 4.39 Å². The van der Waals surface area contributed by atoms with Crippen LogP contribution in [0.1, 0.15) is 42.7 Å². The van der Waals surface area contributed by atoms with Gasteiger partial charge in [0.15, 0.2) is 0 Å². The molecule has 0 spiro atoms. The van der Waals surface area contributed by atoms with E-state index in [0.717, 1.165) is 40.4 Å². The van der Waals surface area contributed by atoms with E-state index in [1.807, 2.05) is 24.3 Å². The van der Waals surface area contributed by atoms with Gasteiger partial charge in [-0.25, -0.2) is 12.8 Å². The molecule has 2 aromatic rings. The molecule has 2 aliphatic rings. The summed E-state index contributed by atoms with van der Waals surface area (Å²) in [6.07, 6.45) is 6.76. The van der Waals surface area contributed by atoms with Gasteiger partial charge in [-0.05, 0) is 60.6 Å². The second-order valence-electron chi connectivity index (χ2n) is 7.74. The van der Waals surface area contributed by atoms with Crippen molar-refractivity contribution in [3.63, 3.8) is 0 Å². The monoisotopic (exact) mass is 426 g/mol. The maximum absolute atomic E-state index is 13.6. The van der Waals surface area contributed by atoms with Crippen LogP contribution in [0.15, 0.2) is 59.5 Å². The third kappa shape index (κ3) is 3.56. The van der Waals surface area contributed by atoms with Gasteiger partial charge >= 0.3 is 0 Å². The number of hydrogen-bond donors (Lipinski definition) is 1. The van der Waals surface area contributed by atoms with Crippen molar-refractivity contribution in [1.29, 1.82) is 5.26 Å². The molecule has 1 aliphatic carbocycles. The highest BCUT2D eigenvalue weighted by atomic mass is 32.2.